The van der Waals surface area contributed by atoms with Crippen molar-refractivity contribution < 1.29 is 9.59 Å². The summed E-state index contributed by atoms with van der Waals surface area (Å²) in [6.07, 6.45) is 10.3. The molecule has 1 aromatic carbocycles. The highest BCUT2D eigenvalue weighted by molar-refractivity contribution is 5.92. The maximum absolute atomic E-state index is 12.5. The van der Waals surface area contributed by atoms with Gasteiger partial charge in [0, 0.05) is 49.7 Å². The van der Waals surface area contributed by atoms with Gasteiger partial charge in [-0.2, -0.15) is 10.1 Å². The van der Waals surface area contributed by atoms with E-state index in [1.165, 1.54) is 11.0 Å². The molecule has 0 radical (unpaired) electrons. The van der Waals surface area contributed by atoms with E-state index in [2.05, 4.69) is 48.0 Å². The van der Waals surface area contributed by atoms with E-state index in [0.29, 0.717) is 43.7 Å². The molecule has 1 aliphatic rings. The number of amides is 2. The maximum Gasteiger partial charge on any atom is 0.246 e. The molecule has 0 unspecified atom stereocenters. The summed E-state index contributed by atoms with van der Waals surface area (Å²) in [5, 5.41) is 17.6. The van der Waals surface area contributed by atoms with Crippen molar-refractivity contribution in [1.82, 2.24) is 35.3 Å². The third kappa shape index (κ3) is 8.28. The van der Waals surface area contributed by atoms with E-state index in [-0.39, 0.29) is 11.8 Å². The molecule has 4 rings (SSSR count). The minimum atomic E-state index is -0.565. The molecule has 11 nitrogen and oxygen atoms in total. The molecule has 1 fully saturated rings. The number of aromatic nitrogens is 4. The second-order valence-electron chi connectivity index (χ2n) is 10.2. The first-order valence-corrected chi connectivity index (χ1v) is 13.5. The number of hydrogen-bond donors (Lipinski definition) is 4. The monoisotopic (exact) mass is 543 g/mol. The van der Waals surface area contributed by atoms with Crippen LogP contribution in [0.3, 0.4) is 0 Å². The van der Waals surface area contributed by atoms with Crippen molar-refractivity contribution in [2.45, 2.75) is 44.7 Å². The second kappa shape index (κ2) is 13.6. The third-order valence-electron chi connectivity index (χ3n) is 6.44. The molecule has 0 aliphatic heterocycles. The third-order valence-corrected chi connectivity index (χ3v) is 6.44. The molecule has 2 amide bonds. The molecule has 11 heteroatoms. The lowest BCUT2D eigenvalue weighted by Crippen LogP contribution is -2.45. The lowest BCUT2D eigenvalue weighted by atomic mass is 10.2. The van der Waals surface area contributed by atoms with E-state index in [4.69, 9.17) is 0 Å². The first kappa shape index (κ1) is 28.6. The molecule has 2 heterocycles. The lowest BCUT2D eigenvalue weighted by Gasteiger charge is -2.23. The fourth-order valence-electron chi connectivity index (χ4n) is 3.76. The molecule has 210 valence electrons. The van der Waals surface area contributed by atoms with Crippen LogP contribution in [-0.4, -0.2) is 88.1 Å². The number of likely N-dealkylation sites (N-methyl/N-ethyl adjacent to an activating group) is 2. The van der Waals surface area contributed by atoms with Crippen molar-refractivity contribution >= 4 is 40.2 Å². The highest BCUT2D eigenvalue weighted by Crippen LogP contribution is 2.26. The summed E-state index contributed by atoms with van der Waals surface area (Å²) in [6.45, 7) is 2.86. The van der Waals surface area contributed by atoms with Gasteiger partial charge in [-0.1, -0.05) is 17.9 Å². The van der Waals surface area contributed by atoms with E-state index < -0.39 is 6.04 Å². The summed E-state index contributed by atoms with van der Waals surface area (Å²) in [5.41, 5.74) is 2.58. The number of anilines is 3. The van der Waals surface area contributed by atoms with Gasteiger partial charge in [0.05, 0.1) is 23.5 Å². The van der Waals surface area contributed by atoms with E-state index in [1.54, 1.807) is 32.4 Å². The topological polar surface area (TPSA) is 131 Å². The molecule has 1 saturated carbocycles. The Kier molecular flexibility index (Phi) is 9.70. The number of nitrogens with zero attached hydrogens (tertiary/aromatic N) is 5. The zero-order chi connectivity index (χ0) is 28.5. The minimum absolute atomic E-state index is 0.191. The minimum Gasteiger partial charge on any atom is -0.366 e. The molecular weight excluding hydrogens is 506 g/mol. The zero-order valence-electron chi connectivity index (χ0n) is 23.5. The van der Waals surface area contributed by atoms with Crippen LogP contribution in [0.25, 0.3) is 10.9 Å². The Hall–Kier alpha value is -4.43. The second-order valence-corrected chi connectivity index (χ2v) is 10.2. The van der Waals surface area contributed by atoms with Crippen molar-refractivity contribution in [2.24, 2.45) is 0 Å². The lowest BCUT2D eigenvalue weighted by molar-refractivity contribution is -0.135. The van der Waals surface area contributed by atoms with Gasteiger partial charge in [-0.25, -0.2) is 4.98 Å². The Labute approximate surface area is 234 Å². The zero-order valence-corrected chi connectivity index (χ0v) is 23.5. The summed E-state index contributed by atoms with van der Waals surface area (Å²) in [4.78, 5) is 37.3. The number of carbonyl (C=O) groups excluding carboxylic acids is 2. The predicted octanol–water partition coefficient (Wildman–Crippen LogP) is 2.88. The fraction of sp³-hybridized carbons (Fsp3) is 0.414. The van der Waals surface area contributed by atoms with Crippen LogP contribution in [-0.2, 0) is 9.59 Å². The van der Waals surface area contributed by atoms with Crippen molar-refractivity contribution in [3.63, 3.8) is 0 Å². The van der Waals surface area contributed by atoms with Crippen LogP contribution in [0.15, 0.2) is 42.7 Å². The number of unbranched alkanes of at least 4 members (excludes halogenated alkanes) is 1. The SMILES string of the molecule is C[C@@H](C(=O)NCCCC#Cc1cnc(Nc2ccc3[nH]ncc3c2)nc1NC1CC1)N(C)C(=O)/C=C/CN(C)C. The van der Waals surface area contributed by atoms with Gasteiger partial charge in [0.25, 0.3) is 0 Å². The normalized spacial score (nSPS) is 13.6. The molecule has 0 saturated heterocycles. The van der Waals surface area contributed by atoms with Crippen LogP contribution >= 0.6 is 0 Å². The first-order valence-electron chi connectivity index (χ1n) is 13.5. The summed E-state index contributed by atoms with van der Waals surface area (Å²) in [6, 6.07) is 5.74. The standard InChI is InChI=1S/C29H37N9O2/c1-20(38(4)26(39)10-8-16-37(2)3)28(40)30-15-7-5-6-9-21-18-31-29(35-27(21)33-23-11-12-23)34-24-13-14-25-22(17-24)19-32-36-25/h8,10,13-14,17-20,23H,5,7,11-12,15-16H2,1-4H3,(H,30,40)(H,32,36)(H2,31,33,34,35)/b10-8+/t20-/m0/s1. The smallest absolute Gasteiger partial charge is 0.246 e. The largest absolute Gasteiger partial charge is 0.366 e. The molecule has 0 spiro atoms. The average Bonchev–Trinajstić information content (AvgIpc) is 3.63. The Bertz CT molecular complexity index is 1420. The van der Waals surface area contributed by atoms with Crippen molar-refractivity contribution in [1.29, 1.82) is 0 Å². The number of hydrogen-bond acceptors (Lipinski definition) is 8. The number of aromatic amines is 1. The predicted molar refractivity (Wildman–Crippen MR) is 157 cm³/mol. The quantitative estimate of drug-likeness (QED) is 0.156. The molecule has 1 atom stereocenters. The van der Waals surface area contributed by atoms with Crippen LogP contribution in [0.2, 0.25) is 0 Å². The Morgan fingerprint density at radius 2 is 2.05 bits per heavy atom. The van der Waals surface area contributed by atoms with E-state index in [9.17, 15) is 9.59 Å². The summed E-state index contributed by atoms with van der Waals surface area (Å²) < 4.78 is 0. The highest BCUT2D eigenvalue weighted by Gasteiger charge is 2.23. The highest BCUT2D eigenvalue weighted by atomic mass is 16.2. The van der Waals surface area contributed by atoms with Gasteiger partial charge >= 0.3 is 0 Å². The number of fused-ring (bicyclic) bond motifs is 1. The van der Waals surface area contributed by atoms with Crippen LogP contribution in [0, 0.1) is 11.8 Å². The Balaban J connectivity index is 1.27. The van der Waals surface area contributed by atoms with E-state index in [0.717, 1.165) is 35.0 Å². The summed E-state index contributed by atoms with van der Waals surface area (Å²) in [5.74, 6) is 7.16. The molecule has 2 aromatic heterocycles. The molecule has 4 N–H and O–H groups in total. The van der Waals surface area contributed by atoms with E-state index in [1.807, 2.05) is 37.2 Å². The Morgan fingerprint density at radius 1 is 1.23 bits per heavy atom. The number of H-pyrrole nitrogens is 1. The fourth-order valence-corrected chi connectivity index (χ4v) is 3.76. The Morgan fingerprint density at radius 3 is 2.83 bits per heavy atom. The molecule has 0 bridgehead atoms. The van der Waals surface area contributed by atoms with Crippen LogP contribution < -0.4 is 16.0 Å². The van der Waals surface area contributed by atoms with Gasteiger partial charge in [0.15, 0.2) is 0 Å². The van der Waals surface area contributed by atoms with Crippen molar-refractivity contribution in [3.05, 3.63) is 48.3 Å². The number of rotatable bonds is 12. The van der Waals surface area contributed by atoms with Crippen molar-refractivity contribution in [2.75, 3.05) is 44.9 Å². The summed E-state index contributed by atoms with van der Waals surface area (Å²) in [7, 11) is 5.48. The van der Waals surface area contributed by atoms with Gasteiger partial charge in [0.2, 0.25) is 17.8 Å². The first-order chi connectivity index (χ1) is 19.3. The number of nitrogens with one attached hydrogen (secondary N) is 4. The van der Waals surface area contributed by atoms with Crippen molar-refractivity contribution in [3.8, 4) is 11.8 Å². The van der Waals surface area contributed by atoms with E-state index >= 15 is 0 Å². The summed E-state index contributed by atoms with van der Waals surface area (Å²) >= 11 is 0. The average molecular weight is 544 g/mol. The molecule has 40 heavy (non-hydrogen) atoms. The molecular formula is C29H37N9O2. The molecule has 3 aromatic rings. The van der Waals surface area contributed by atoms with Gasteiger partial charge in [-0.15, -0.1) is 0 Å². The number of benzene rings is 1. The molecule has 1 aliphatic carbocycles. The van der Waals surface area contributed by atoms with Crippen LogP contribution in [0.5, 0.6) is 0 Å². The van der Waals surface area contributed by atoms with Gasteiger partial charge in [-0.05, 0) is 58.5 Å². The van der Waals surface area contributed by atoms with Gasteiger partial charge in [0.1, 0.15) is 11.9 Å². The van der Waals surface area contributed by atoms with Crippen LogP contribution in [0.4, 0.5) is 17.5 Å². The number of carbonyl (C=O) groups is 2. The van der Waals surface area contributed by atoms with Crippen LogP contribution in [0.1, 0.15) is 38.2 Å². The maximum atomic E-state index is 12.5. The van der Waals surface area contributed by atoms with Gasteiger partial charge in [-0.3, -0.25) is 14.7 Å². The van der Waals surface area contributed by atoms with Gasteiger partial charge < -0.3 is 25.8 Å².